The second kappa shape index (κ2) is 9.09. The monoisotopic (exact) mass is 460 g/mol. The Bertz CT molecular complexity index is 973. The molecule has 1 aliphatic heterocycles. The van der Waals surface area contributed by atoms with Crippen molar-refractivity contribution in [2.45, 2.75) is 37.3 Å². The Balaban J connectivity index is 1.66. The van der Waals surface area contributed by atoms with Crippen molar-refractivity contribution in [3.8, 4) is 6.07 Å². The van der Waals surface area contributed by atoms with Crippen molar-refractivity contribution in [2.75, 3.05) is 25.0 Å². The van der Waals surface area contributed by atoms with Crippen LogP contribution in [0.15, 0.2) is 17.6 Å². The largest absolute Gasteiger partial charge is 0.459 e. The van der Waals surface area contributed by atoms with E-state index in [0.29, 0.717) is 42.6 Å². The van der Waals surface area contributed by atoms with Crippen LogP contribution in [-0.4, -0.2) is 51.6 Å². The number of hydrogen-bond donors (Lipinski definition) is 1. The van der Waals surface area contributed by atoms with Crippen molar-refractivity contribution in [1.82, 2.24) is 19.9 Å². The third-order valence-corrected chi connectivity index (χ3v) is 5.52. The minimum absolute atomic E-state index is 0.117. The maximum absolute atomic E-state index is 13.5. The van der Waals surface area contributed by atoms with E-state index in [2.05, 4.69) is 20.3 Å². The Kier molecular flexibility index (Phi) is 6.68. The van der Waals surface area contributed by atoms with Crippen molar-refractivity contribution >= 4 is 23.2 Å². The molecule has 166 valence electrons. The van der Waals surface area contributed by atoms with E-state index in [0.717, 1.165) is 13.0 Å². The maximum Gasteiger partial charge on any atom is 0.459 e. The predicted molar refractivity (Wildman–Crippen MR) is 100 cm³/mol. The van der Waals surface area contributed by atoms with E-state index in [1.807, 2.05) is 6.07 Å². The summed E-state index contributed by atoms with van der Waals surface area (Å²) in [4.78, 5) is 24.9. The van der Waals surface area contributed by atoms with Gasteiger partial charge in [0.2, 0.25) is 11.9 Å². The number of nitrogens with zero attached hydrogens (tertiary/aromatic N) is 5. The lowest BCUT2D eigenvalue weighted by Gasteiger charge is -2.17. The van der Waals surface area contributed by atoms with Crippen LogP contribution in [0.1, 0.15) is 41.6 Å². The minimum atomic E-state index is -5.79. The Labute approximate surface area is 177 Å². The number of anilines is 1. The number of rotatable bonds is 8. The Morgan fingerprint density at radius 1 is 1.29 bits per heavy atom. The topological polar surface area (TPSA) is 94.8 Å². The average Bonchev–Trinajstić information content (AvgIpc) is 3.35. The highest BCUT2D eigenvalue weighted by Crippen LogP contribution is 2.44. The fourth-order valence-electron chi connectivity index (χ4n) is 2.99. The lowest BCUT2D eigenvalue weighted by Crippen LogP contribution is -2.34. The molecule has 0 aromatic carbocycles. The summed E-state index contributed by atoms with van der Waals surface area (Å²) >= 11 is 0.530. The lowest BCUT2D eigenvalue weighted by atomic mass is 10.1. The number of carbonyl (C=O) groups is 1. The zero-order valence-corrected chi connectivity index (χ0v) is 16.8. The van der Waals surface area contributed by atoms with Crippen molar-refractivity contribution < 1.29 is 26.7 Å². The van der Waals surface area contributed by atoms with Gasteiger partial charge in [0.25, 0.3) is 0 Å². The quantitative estimate of drug-likeness (QED) is 0.477. The molecule has 13 heteroatoms. The van der Waals surface area contributed by atoms with Crippen LogP contribution < -0.4 is 5.32 Å². The van der Waals surface area contributed by atoms with Crippen molar-refractivity contribution in [2.24, 2.45) is 0 Å². The van der Waals surface area contributed by atoms with Crippen LogP contribution in [0.5, 0.6) is 0 Å². The van der Waals surface area contributed by atoms with E-state index in [9.17, 15) is 32.0 Å². The van der Waals surface area contributed by atoms with Gasteiger partial charge in [-0.05, 0) is 18.9 Å². The molecule has 1 N–H and O–H groups in total. The molecule has 1 atom stereocenters. The molecule has 3 rings (SSSR count). The molecule has 1 aliphatic rings. The van der Waals surface area contributed by atoms with Crippen molar-refractivity contribution in [3.63, 3.8) is 0 Å². The van der Waals surface area contributed by atoms with E-state index in [-0.39, 0.29) is 22.6 Å². The summed E-state index contributed by atoms with van der Waals surface area (Å²) in [5.74, 6) is -6.05. The first kappa shape index (κ1) is 22.8. The molecule has 0 saturated carbocycles. The van der Waals surface area contributed by atoms with Gasteiger partial charge in [-0.15, -0.1) is 11.3 Å². The second-order valence-corrected chi connectivity index (χ2v) is 7.66. The molecule has 1 unspecified atom stereocenters. The van der Waals surface area contributed by atoms with E-state index in [1.54, 1.807) is 4.90 Å². The highest BCUT2D eigenvalue weighted by atomic mass is 32.1. The van der Waals surface area contributed by atoms with E-state index in [1.165, 1.54) is 12.3 Å². The van der Waals surface area contributed by atoms with Gasteiger partial charge in [-0.2, -0.15) is 27.2 Å². The Hall–Kier alpha value is -2.88. The molecular weight excluding hydrogens is 443 g/mol. The minimum Gasteiger partial charge on any atom is -0.354 e. The fraction of sp³-hybridized carbons (Fsp3) is 0.500. The number of amides is 1. The van der Waals surface area contributed by atoms with Crippen LogP contribution in [0.2, 0.25) is 0 Å². The summed E-state index contributed by atoms with van der Waals surface area (Å²) in [5.41, 5.74) is -1.34. The van der Waals surface area contributed by atoms with Gasteiger partial charge >= 0.3 is 12.1 Å². The molecule has 0 spiro atoms. The first-order valence-electron chi connectivity index (χ1n) is 9.28. The van der Waals surface area contributed by atoms with Gasteiger partial charge in [0.15, 0.2) is 0 Å². The summed E-state index contributed by atoms with van der Waals surface area (Å²) in [5, 5.41) is 12.8. The van der Waals surface area contributed by atoms with Crippen LogP contribution in [-0.2, 0) is 10.7 Å². The summed E-state index contributed by atoms with van der Waals surface area (Å²) in [6.07, 6.45) is -2.39. The van der Waals surface area contributed by atoms with Gasteiger partial charge in [-0.1, -0.05) is 0 Å². The summed E-state index contributed by atoms with van der Waals surface area (Å²) < 4.78 is 64.7. The van der Waals surface area contributed by atoms with Crippen molar-refractivity contribution in [3.05, 3.63) is 34.0 Å². The normalized spacial score (nSPS) is 15.7. The molecule has 0 radical (unpaired) electrons. The molecule has 0 aliphatic carbocycles. The standard InChI is InChI=1S/C18H17F5N6OS/c19-17(20,18(21,22)23)13-10-31-15(28-13)11(9-24)12-4-6-26-16(27-12)25-5-2-8-29-7-1-3-14(29)30/h4,6,10-11H,1-3,5,7-8H2,(H,25,26,27). The predicted octanol–water partition coefficient (Wildman–Crippen LogP) is 3.67. The molecule has 3 heterocycles. The third kappa shape index (κ3) is 5.07. The van der Waals surface area contributed by atoms with Crippen LogP contribution >= 0.6 is 11.3 Å². The molecule has 1 amide bonds. The number of hydrogen-bond acceptors (Lipinski definition) is 7. The molecular formula is C18H17F5N6OS. The van der Waals surface area contributed by atoms with Crippen LogP contribution in [0.4, 0.5) is 27.9 Å². The fourth-order valence-corrected chi connectivity index (χ4v) is 3.88. The number of likely N-dealkylation sites (tertiary alicyclic amines) is 1. The number of nitrogens with one attached hydrogen (secondary N) is 1. The smallest absolute Gasteiger partial charge is 0.354 e. The maximum atomic E-state index is 13.5. The van der Waals surface area contributed by atoms with Gasteiger partial charge in [0, 0.05) is 37.6 Å². The number of thiazole rings is 1. The van der Waals surface area contributed by atoms with E-state index in [4.69, 9.17) is 0 Å². The molecule has 0 bridgehead atoms. The number of carbonyl (C=O) groups excluding carboxylic acids is 1. The zero-order chi connectivity index (χ0) is 22.6. The molecule has 2 aromatic rings. The van der Waals surface area contributed by atoms with E-state index < -0.39 is 23.7 Å². The van der Waals surface area contributed by atoms with E-state index >= 15 is 0 Å². The Morgan fingerprint density at radius 3 is 2.71 bits per heavy atom. The second-order valence-electron chi connectivity index (χ2n) is 6.78. The summed E-state index contributed by atoms with van der Waals surface area (Å²) in [6, 6.07) is 3.20. The highest BCUT2D eigenvalue weighted by molar-refractivity contribution is 7.09. The molecule has 1 saturated heterocycles. The van der Waals surface area contributed by atoms with Gasteiger partial charge in [-0.3, -0.25) is 4.79 Å². The van der Waals surface area contributed by atoms with Gasteiger partial charge in [-0.25, -0.2) is 15.0 Å². The first-order chi connectivity index (χ1) is 14.6. The number of halogens is 5. The SMILES string of the molecule is N#CC(c1ccnc(NCCCN2CCCC2=O)n1)c1nc(C(F)(F)C(F)(F)F)cs1. The average molecular weight is 460 g/mol. The summed E-state index contributed by atoms with van der Waals surface area (Å²) in [7, 11) is 0. The zero-order valence-electron chi connectivity index (χ0n) is 16.0. The number of nitriles is 1. The molecule has 7 nitrogen and oxygen atoms in total. The number of aromatic nitrogens is 3. The van der Waals surface area contributed by atoms with Crippen LogP contribution in [0, 0.1) is 11.3 Å². The highest BCUT2D eigenvalue weighted by Gasteiger charge is 2.60. The number of alkyl halides is 5. The van der Waals surface area contributed by atoms with Gasteiger partial charge in [0.05, 0.1) is 11.8 Å². The van der Waals surface area contributed by atoms with Gasteiger partial charge in [0.1, 0.15) is 16.6 Å². The molecule has 31 heavy (non-hydrogen) atoms. The third-order valence-electron chi connectivity index (χ3n) is 4.61. The first-order valence-corrected chi connectivity index (χ1v) is 10.2. The lowest BCUT2D eigenvalue weighted by molar-refractivity contribution is -0.290. The molecule has 1 fully saturated rings. The van der Waals surface area contributed by atoms with Crippen LogP contribution in [0.25, 0.3) is 0 Å². The van der Waals surface area contributed by atoms with Gasteiger partial charge < -0.3 is 10.2 Å². The summed E-state index contributed by atoms with van der Waals surface area (Å²) in [6.45, 7) is 1.77. The molecule has 2 aromatic heterocycles. The van der Waals surface area contributed by atoms with Crippen molar-refractivity contribution in [1.29, 1.82) is 5.26 Å². The van der Waals surface area contributed by atoms with Crippen LogP contribution in [0.3, 0.4) is 0 Å². The Morgan fingerprint density at radius 2 is 2.06 bits per heavy atom.